The van der Waals surface area contributed by atoms with Crippen LogP contribution in [0.4, 0.5) is 5.82 Å². The van der Waals surface area contributed by atoms with Gasteiger partial charge in [0.2, 0.25) is 0 Å². The van der Waals surface area contributed by atoms with Gasteiger partial charge in [-0.3, -0.25) is 0 Å². The van der Waals surface area contributed by atoms with Crippen molar-refractivity contribution in [1.29, 1.82) is 0 Å². The minimum Gasteiger partial charge on any atom is -0.388 e. The summed E-state index contributed by atoms with van der Waals surface area (Å²) in [5.41, 5.74) is -0.0845. The van der Waals surface area contributed by atoms with Gasteiger partial charge in [-0.1, -0.05) is 34.6 Å². The number of hydrogen-bond acceptors (Lipinski definition) is 5. The van der Waals surface area contributed by atoms with Crippen LogP contribution in [0, 0.1) is 5.92 Å². The lowest BCUT2D eigenvalue weighted by Gasteiger charge is -2.28. The highest BCUT2D eigenvalue weighted by atomic mass is 16.5. The van der Waals surface area contributed by atoms with Crippen LogP contribution in [0.25, 0.3) is 0 Å². The average molecular weight is 295 g/mol. The van der Waals surface area contributed by atoms with Crippen LogP contribution in [0.3, 0.4) is 0 Å². The van der Waals surface area contributed by atoms with E-state index in [4.69, 9.17) is 4.74 Å². The molecule has 1 atom stereocenters. The predicted molar refractivity (Wildman–Crippen MR) is 85.4 cm³/mol. The van der Waals surface area contributed by atoms with E-state index >= 15 is 0 Å². The van der Waals surface area contributed by atoms with E-state index in [1.54, 1.807) is 7.11 Å². The molecular formula is C16H29N3O2. The van der Waals surface area contributed by atoms with Gasteiger partial charge in [0.05, 0.1) is 17.9 Å². The van der Waals surface area contributed by atoms with E-state index in [1.807, 2.05) is 26.8 Å². The molecule has 0 amide bonds. The molecule has 0 spiro atoms. The number of nitrogens with zero attached hydrogens (tertiary/aromatic N) is 2. The van der Waals surface area contributed by atoms with Gasteiger partial charge in [0.25, 0.3) is 0 Å². The standard InChI is InChI=1S/C16H29N3O2/c1-11(2)16(6,20)10-17-13-8-12(9-21-7)18-14(19-13)15(3,4)5/h8,11,20H,9-10H2,1-7H3,(H,17,18,19). The Labute approximate surface area is 128 Å². The molecule has 5 heteroatoms. The molecule has 21 heavy (non-hydrogen) atoms. The molecule has 1 aromatic heterocycles. The summed E-state index contributed by atoms with van der Waals surface area (Å²) in [6, 6.07) is 1.87. The Morgan fingerprint density at radius 2 is 1.86 bits per heavy atom. The fraction of sp³-hybridized carbons (Fsp3) is 0.750. The third kappa shape index (κ3) is 5.25. The van der Waals surface area contributed by atoms with Crippen LogP contribution in [-0.4, -0.2) is 34.3 Å². The maximum atomic E-state index is 10.3. The van der Waals surface area contributed by atoms with Gasteiger partial charge in [-0.15, -0.1) is 0 Å². The molecule has 1 heterocycles. The number of anilines is 1. The van der Waals surface area contributed by atoms with Crippen LogP contribution < -0.4 is 5.32 Å². The van der Waals surface area contributed by atoms with Crippen molar-refractivity contribution in [2.24, 2.45) is 5.92 Å². The molecule has 0 aliphatic carbocycles. The van der Waals surface area contributed by atoms with Gasteiger partial charge in [0.1, 0.15) is 11.6 Å². The van der Waals surface area contributed by atoms with Gasteiger partial charge in [0.15, 0.2) is 0 Å². The van der Waals surface area contributed by atoms with E-state index in [0.29, 0.717) is 13.2 Å². The van der Waals surface area contributed by atoms with Gasteiger partial charge in [-0.05, 0) is 12.8 Å². The number of rotatable bonds is 6. The summed E-state index contributed by atoms with van der Waals surface area (Å²) in [7, 11) is 1.65. The number of aliphatic hydroxyl groups is 1. The van der Waals surface area contributed by atoms with Crippen molar-refractivity contribution in [3.05, 3.63) is 17.6 Å². The van der Waals surface area contributed by atoms with E-state index in [1.165, 1.54) is 0 Å². The van der Waals surface area contributed by atoms with Crippen LogP contribution in [0.15, 0.2) is 6.07 Å². The summed E-state index contributed by atoms with van der Waals surface area (Å²) in [5.74, 6) is 1.65. The molecule has 0 fully saturated rings. The molecule has 1 aromatic rings. The molecule has 0 aliphatic heterocycles. The zero-order valence-corrected chi connectivity index (χ0v) is 14.3. The molecule has 1 unspecified atom stereocenters. The first-order valence-electron chi connectivity index (χ1n) is 7.40. The van der Waals surface area contributed by atoms with Gasteiger partial charge in [0, 0.05) is 25.1 Å². The van der Waals surface area contributed by atoms with Crippen molar-refractivity contribution in [1.82, 2.24) is 9.97 Å². The highest BCUT2D eigenvalue weighted by Crippen LogP contribution is 2.22. The Kier molecular flexibility index (Phi) is 5.70. The SMILES string of the molecule is COCc1cc(NCC(C)(O)C(C)C)nc(C(C)(C)C)n1. The first-order valence-corrected chi connectivity index (χ1v) is 7.40. The Bertz CT molecular complexity index is 465. The fourth-order valence-corrected chi connectivity index (χ4v) is 1.62. The van der Waals surface area contributed by atoms with Crippen LogP contribution in [0.5, 0.6) is 0 Å². The summed E-state index contributed by atoms with van der Waals surface area (Å²) in [6.07, 6.45) is 0. The van der Waals surface area contributed by atoms with Crippen LogP contribution in [-0.2, 0) is 16.8 Å². The third-order valence-corrected chi connectivity index (χ3v) is 3.61. The average Bonchev–Trinajstić information content (AvgIpc) is 2.35. The van der Waals surface area contributed by atoms with Crippen molar-refractivity contribution in [3.63, 3.8) is 0 Å². The molecule has 0 saturated heterocycles. The summed E-state index contributed by atoms with van der Waals surface area (Å²) >= 11 is 0. The number of hydrogen-bond donors (Lipinski definition) is 2. The fourth-order valence-electron chi connectivity index (χ4n) is 1.62. The molecule has 120 valence electrons. The first kappa shape index (κ1) is 17.9. The van der Waals surface area contributed by atoms with Gasteiger partial charge in [-0.25, -0.2) is 9.97 Å². The summed E-state index contributed by atoms with van der Waals surface area (Å²) < 4.78 is 5.17. The van der Waals surface area contributed by atoms with Crippen LogP contribution >= 0.6 is 0 Å². The van der Waals surface area contributed by atoms with Gasteiger partial charge >= 0.3 is 0 Å². The zero-order chi connectivity index (χ0) is 16.3. The Balaban J connectivity index is 2.98. The third-order valence-electron chi connectivity index (χ3n) is 3.61. The zero-order valence-electron chi connectivity index (χ0n) is 14.3. The van der Waals surface area contributed by atoms with E-state index in [2.05, 4.69) is 36.1 Å². The number of methoxy groups -OCH3 is 1. The van der Waals surface area contributed by atoms with E-state index in [-0.39, 0.29) is 11.3 Å². The minimum absolute atomic E-state index is 0.138. The molecule has 0 saturated carbocycles. The second-order valence-electron chi connectivity index (χ2n) is 7.12. The molecule has 2 N–H and O–H groups in total. The summed E-state index contributed by atoms with van der Waals surface area (Å²) in [6.45, 7) is 12.9. The van der Waals surface area contributed by atoms with E-state index < -0.39 is 5.60 Å². The Hall–Kier alpha value is -1.20. The number of ether oxygens (including phenoxy) is 1. The van der Waals surface area contributed by atoms with Crippen molar-refractivity contribution in [2.45, 2.75) is 59.2 Å². The molecule has 1 rings (SSSR count). The molecule has 0 bridgehead atoms. The normalized spacial score (nSPS) is 15.1. The van der Waals surface area contributed by atoms with Crippen molar-refractivity contribution < 1.29 is 9.84 Å². The second kappa shape index (κ2) is 6.71. The Morgan fingerprint density at radius 1 is 1.24 bits per heavy atom. The summed E-state index contributed by atoms with van der Waals surface area (Å²) in [4.78, 5) is 9.10. The van der Waals surface area contributed by atoms with E-state index in [9.17, 15) is 5.11 Å². The highest BCUT2D eigenvalue weighted by molar-refractivity contribution is 5.37. The molecular weight excluding hydrogens is 266 g/mol. The van der Waals surface area contributed by atoms with E-state index in [0.717, 1.165) is 17.3 Å². The summed E-state index contributed by atoms with van der Waals surface area (Å²) in [5, 5.41) is 13.5. The Morgan fingerprint density at radius 3 is 2.33 bits per heavy atom. The molecule has 0 aliphatic rings. The molecule has 0 aromatic carbocycles. The molecule has 0 radical (unpaired) electrons. The maximum Gasteiger partial charge on any atom is 0.136 e. The minimum atomic E-state index is -0.783. The smallest absolute Gasteiger partial charge is 0.136 e. The number of aromatic nitrogens is 2. The van der Waals surface area contributed by atoms with Crippen molar-refractivity contribution >= 4 is 5.82 Å². The van der Waals surface area contributed by atoms with Crippen LogP contribution in [0.2, 0.25) is 0 Å². The lowest BCUT2D eigenvalue weighted by Crippen LogP contribution is -2.39. The lowest BCUT2D eigenvalue weighted by atomic mass is 9.92. The predicted octanol–water partition coefficient (Wildman–Crippen LogP) is 2.74. The second-order valence-corrected chi connectivity index (χ2v) is 7.12. The van der Waals surface area contributed by atoms with Crippen LogP contribution in [0.1, 0.15) is 53.1 Å². The number of nitrogens with one attached hydrogen (secondary N) is 1. The quantitative estimate of drug-likeness (QED) is 0.844. The molecule has 5 nitrogen and oxygen atoms in total. The van der Waals surface area contributed by atoms with Crippen molar-refractivity contribution in [3.8, 4) is 0 Å². The largest absolute Gasteiger partial charge is 0.388 e. The van der Waals surface area contributed by atoms with Gasteiger partial charge in [-0.2, -0.15) is 0 Å². The monoisotopic (exact) mass is 295 g/mol. The van der Waals surface area contributed by atoms with Gasteiger partial charge < -0.3 is 15.2 Å². The highest BCUT2D eigenvalue weighted by Gasteiger charge is 2.25. The first-order chi connectivity index (χ1) is 9.56. The lowest BCUT2D eigenvalue weighted by molar-refractivity contribution is 0.0265. The van der Waals surface area contributed by atoms with Crippen molar-refractivity contribution in [2.75, 3.05) is 19.0 Å². The topological polar surface area (TPSA) is 67.3 Å². The maximum absolute atomic E-state index is 10.3.